The molecule has 1 saturated heterocycles. The zero-order chi connectivity index (χ0) is 15.2. The van der Waals surface area contributed by atoms with Crippen LogP contribution in [0.2, 0.25) is 0 Å². The molecule has 1 unspecified atom stereocenters. The average Bonchev–Trinajstić information content (AvgIpc) is 2.46. The fourth-order valence-corrected chi connectivity index (χ4v) is 2.72. The lowest BCUT2D eigenvalue weighted by atomic mass is 10.0. The molecule has 1 aromatic heterocycles. The van der Waals surface area contributed by atoms with E-state index in [0.717, 1.165) is 37.8 Å². The summed E-state index contributed by atoms with van der Waals surface area (Å²) in [4.78, 5) is 7.02. The van der Waals surface area contributed by atoms with Crippen molar-refractivity contribution in [1.29, 1.82) is 0 Å². The zero-order valence-electron chi connectivity index (χ0n) is 13.9. The fraction of sp³-hybridized carbons (Fsp3) is 0.706. The molecule has 1 atom stereocenters. The van der Waals surface area contributed by atoms with Crippen molar-refractivity contribution in [3.63, 3.8) is 0 Å². The molecule has 0 radical (unpaired) electrons. The number of hydrogen-bond acceptors (Lipinski definition) is 4. The Kier molecular flexibility index (Phi) is 6.00. The molecule has 0 bridgehead atoms. The van der Waals surface area contributed by atoms with Gasteiger partial charge in [0.1, 0.15) is 5.82 Å². The summed E-state index contributed by atoms with van der Waals surface area (Å²) in [6.45, 7) is 10.1. The Morgan fingerprint density at radius 1 is 1.43 bits per heavy atom. The first-order valence-corrected chi connectivity index (χ1v) is 8.05. The van der Waals surface area contributed by atoms with Crippen molar-refractivity contribution in [3.8, 4) is 0 Å². The SMILES string of the molecule is Cc1nc(N(C)CC2CCCOC2)ccc1CNC(C)C. The first kappa shape index (κ1) is 16.2. The van der Waals surface area contributed by atoms with Gasteiger partial charge in [-0.3, -0.25) is 0 Å². The van der Waals surface area contributed by atoms with Crippen LogP contribution in [0.15, 0.2) is 12.1 Å². The van der Waals surface area contributed by atoms with Gasteiger partial charge in [-0.1, -0.05) is 19.9 Å². The van der Waals surface area contributed by atoms with Gasteiger partial charge in [-0.25, -0.2) is 4.98 Å². The maximum Gasteiger partial charge on any atom is 0.128 e. The second-order valence-electron chi connectivity index (χ2n) is 6.41. The van der Waals surface area contributed by atoms with Gasteiger partial charge in [0.2, 0.25) is 0 Å². The van der Waals surface area contributed by atoms with E-state index >= 15 is 0 Å². The van der Waals surface area contributed by atoms with Gasteiger partial charge in [-0.15, -0.1) is 0 Å². The van der Waals surface area contributed by atoms with E-state index in [1.165, 1.54) is 18.4 Å². The molecule has 0 aliphatic carbocycles. The van der Waals surface area contributed by atoms with E-state index in [4.69, 9.17) is 9.72 Å². The minimum Gasteiger partial charge on any atom is -0.381 e. The largest absolute Gasteiger partial charge is 0.381 e. The molecule has 1 N–H and O–H groups in total. The summed E-state index contributed by atoms with van der Waals surface area (Å²) in [6, 6.07) is 4.83. The molecule has 1 aliphatic heterocycles. The first-order chi connectivity index (χ1) is 10.1. The van der Waals surface area contributed by atoms with Crippen molar-refractivity contribution in [2.75, 3.05) is 31.7 Å². The van der Waals surface area contributed by atoms with Gasteiger partial charge in [0, 0.05) is 38.5 Å². The van der Waals surface area contributed by atoms with Crippen LogP contribution in [0.3, 0.4) is 0 Å². The Bertz CT molecular complexity index is 442. The smallest absolute Gasteiger partial charge is 0.128 e. The van der Waals surface area contributed by atoms with Crippen LogP contribution in [-0.4, -0.2) is 37.8 Å². The predicted molar refractivity (Wildman–Crippen MR) is 87.8 cm³/mol. The highest BCUT2D eigenvalue weighted by Gasteiger charge is 2.17. The Hall–Kier alpha value is -1.13. The van der Waals surface area contributed by atoms with E-state index in [1.807, 2.05) is 0 Å². The molecule has 1 aliphatic rings. The molecule has 4 heteroatoms. The summed E-state index contributed by atoms with van der Waals surface area (Å²) in [5.74, 6) is 1.69. The van der Waals surface area contributed by atoms with Gasteiger partial charge in [-0.2, -0.15) is 0 Å². The lowest BCUT2D eigenvalue weighted by molar-refractivity contribution is 0.0576. The molecule has 1 aromatic rings. The number of hydrogen-bond donors (Lipinski definition) is 1. The standard InChI is InChI=1S/C17H29N3O/c1-13(2)18-10-16-7-8-17(19-14(16)3)20(4)11-15-6-5-9-21-12-15/h7-8,13,15,18H,5-6,9-12H2,1-4H3. The molecular formula is C17H29N3O. The number of ether oxygens (including phenoxy) is 1. The molecule has 2 heterocycles. The van der Waals surface area contributed by atoms with Crippen molar-refractivity contribution >= 4 is 5.82 Å². The highest BCUT2D eigenvalue weighted by molar-refractivity contribution is 5.41. The molecular weight excluding hydrogens is 262 g/mol. The van der Waals surface area contributed by atoms with Crippen LogP contribution >= 0.6 is 0 Å². The highest BCUT2D eigenvalue weighted by atomic mass is 16.5. The van der Waals surface area contributed by atoms with Gasteiger partial charge in [0.25, 0.3) is 0 Å². The van der Waals surface area contributed by atoms with Crippen LogP contribution in [0.25, 0.3) is 0 Å². The Morgan fingerprint density at radius 3 is 2.86 bits per heavy atom. The van der Waals surface area contributed by atoms with Gasteiger partial charge in [0.05, 0.1) is 6.61 Å². The maximum atomic E-state index is 5.56. The van der Waals surface area contributed by atoms with Crippen molar-refractivity contribution in [2.24, 2.45) is 5.92 Å². The van der Waals surface area contributed by atoms with Crippen molar-refractivity contribution < 1.29 is 4.74 Å². The second-order valence-corrected chi connectivity index (χ2v) is 6.41. The quantitative estimate of drug-likeness (QED) is 0.874. The normalized spacial score (nSPS) is 19.0. The Morgan fingerprint density at radius 2 is 2.24 bits per heavy atom. The third kappa shape index (κ3) is 4.97. The molecule has 2 rings (SSSR count). The van der Waals surface area contributed by atoms with Crippen molar-refractivity contribution in [2.45, 2.75) is 46.2 Å². The second kappa shape index (κ2) is 7.76. The monoisotopic (exact) mass is 291 g/mol. The summed E-state index contributed by atoms with van der Waals surface area (Å²) >= 11 is 0. The summed E-state index contributed by atoms with van der Waals surface area (Å²) in [5, 5.41) is 3.45. The number of aryl methyl sites for hydroxylation is 1. The van der Waals surface area contributed by atoms with Gasteiger partial charge in [-0.05, 0) is 37.3 Å². The van der Waals surface area contributed by atoms with Crippen LogP contribution < -0.4 is 10.2 Å². The fourth-order valence-electron chi connectivity index (χ4n) is 2.72. The van der Waals surface area contributed by atoms with Gasteiger partial charge in [0.15, 0.2) is 0 Å². The van der Waals surface area contributed by atoms with Crippen molar-refractivity contribution in [3.05, 3.63) is 23.4 Å². The molecule has 1 fully saturated rings. The third-order valence-corrected chi connectivity index (χ3v) is 4.06. The van der Waals surface area contributed by atoms with E-state index in [0.29, 0.717) is 12.0 Å². The molecule has 21 heavy (non-hydrogen) atoms. The molecule has 0 amide bonds. The predicted octanol–water partition coefficient (Wildman–Crippen LogP) is 2.75. The summed E-state index contributed by atoms with van der Waals surface area (Å²) in [5.41, 5.74) is 2.40. The van der Waals surface area contributed by atoms with E-state index < -0.39 is 0 Å². The van der Waals surface area contributed by atoms with E-state index in [2.05, 4.69) is 50.2 Å². The van der Waals surface area contributed by atoms with Crippen molar-refractivity contribution in [1.82, 2.24) is 10.3 Å². The maximum absolute atomic E-state index is 5.56. The Labute approximate surface area is 128 Å². The minimum absolute atomic E-state index is 0.498. The van der Waals surface area contributed by atoms with Crippen LogP contribution in [0.5, 0.6) is 0 Å². The van der Waals surface area contributed by atoms with Gasteiger partial charge < -0.3 is 15.0 Å². The summed E-state index contributed by atoms with van der Waals surface area (Å²) < 4.78 is 5.56. The molecule has 0 saturated carbocycles. The van der Waals surface area contributed by atoms with E-state index in [-0.39, 0.29) is 0 Å². The summed E-state index contributed by atoms with van der Waals surface area (Å²) in [6.07, 6.45) is 2.45. The van der Waals surface area contributed by atoms with Gasteiger partial charge >= 0.3 is 0 Å². The summed E-state index contributed by atoms with van der Waals surface area (Å²) in [7, 11) is 2.13. The number of anilines is 1. The number of aromatic nitrogens is 1. The lowest BCUT2D eigenvalue weighted by Crippen LogP contribution is -2.31. The zero-order valence-corrected chi connectivity index (χ0v) is 13.9. The lowest BCUT2D eigenvalue weighted by Gasteiger charge is -2.28. The van der Waals surface area contributed by atoms with E-state index in [9.17, 15) is 0 Å². The number of nitrogens with zero attached hydrogens (tertiary/aromatic N) is 2. The van der Waals surface area contributed by atoms with Crippen LogP contribution in [-0.2, 0) is 11.3 Å². The third-order valence-electron chi connectivity index (χ3n) is 4.06. The minimum atomic E-state index is 0.498. The average molecular weight is 291 g/mol. The van der Waals surface area contributed by atoms with E-state index in [1.54, 1.807) is 0 Å². The van der Waals surface area contributed by atoms with Crippen LogP contribution in [0.1, 0.15) is 37.9 Å². The number of pyridine rings is 1. The molecule has 4 nitrogen and oxygen atoms in total. The molecule has 118 valence electrons. The Balaban J connectivity index is 1.94. The molecule has 0 spiro atoms. The van der Waals surface area contributed by atoms with Crippen LogP contribution in [0, 0.1) is 12.8 Å². The highest BCUT2D eigenvalue weighted by Crippen LogP contribution is 2.19. The first-order valence-electron chi connectivity index (χ1n) is 8.05. The number of rotatable bonds is 6. The molecule has 0 aromatic carbocycles. The number of nitrogens with one attached hydrogen (secondary N) is 1. The topological polar surface area (TPSA) is 37.4 Å². The van der Waals surface area contributed by atoms with Crippen LogP contribution in [0.4, 0.5) is 5.82 Å².